The third-order valence-electron chi connectivity index (χ3n) is 3.22. The van der Waals surface area contributed by atoms with Gasteiger partial charge in [0.15, 0.2) is 0 Å². The largest absolute Gasteiger partial charge is 0.496 e. The van der Waals surface area contributed by atoms with Crippen molar-refractivity contribution in [3.8, 4) is 5.75 Å². The molecule has 0 heterocycles. The molecular formula is C14H17NO4. The summed E-state index contributed by atoms with van der Waals surface area (Å²) in [6, 6.07) is 6.46. The van der Waals surface area contributed by atoms with Gasteiger partial charge in [-0.15, -0.1) is 0 Å². The number of carbonyl (C=O) groups is 2. The second kappa shape index (κ2) is 5.73. The number of para-hydroxylation sites is 1. The van der Waals surface area contributed by atoms with Crippen molar-refractivity contribution in [1.82, 2.24) is 5.32 Å². The maximum absolute atomic E-state index is 11.9. The van der Waals surface area contributed by atoms with Crippen LogP contribution in [0.2, 0.25) is 0 Å². The predicted octanol–water partition coefficient (Wildman–Crippen LogP) is 1.22. The van der Waals surface area contributed by atoms with Crippen LogP contribution in [0.15, 0.2) is 24.3 Å². The Morgan fingerprint density at radius 2 is 2.11 bits per heavy atom. The van der Waals surface area contributed by atoms with E-state index in [1.165, 1.54) is 0 Å². The van der Waals surface area contributed by atoms with E-state index >= 15 is 0 Å². The average Bonchev–Trinajstić information content (AvgIpc) is 3.20. The molecule has 1 amide bonds. The maximum Gasteiger partial charge on any atom is 0.326 e. The van der Waals surface area contributed by atoms with Crippen LogP contribution < -0.4 is 10.1 Å². The molecule has 102 valence electrons. The van der Waals surface area contributed by atoms with Crippen LogP contribution in [0, 0.1) is 5.92 Å². The Morgan fingerprint density at radius 3 is 2.68 bits per heavy atom. The zero-order valence-corrected chi connectivity index (χ0v) is 10.8. The third-order valence-corrected chi connectivity index (χ3v) is 3.22. The van der Waals surface area contributed by atoms with E-state index in [0.29, 0.717) is 5.75 Å². The van der Waals surface area contributed by atoms with Gasteiger partial charge in [0, 0.05) is 5.56 Å². The minimum absolute atomic E-state index is 0.0825. The number of carboxylic acid groups (broad SMARTS) is 1. The number of hydrogen-bond donors (Lipinski definition) is 2. The molecule has 0 aromatic heterocycles. The van der Waals surface area contributed by atoms with E-state index in [1.54, 1.807) is 19.2 Å². The lowest BCUT2D eigenvalue weighted by Gasteiger charge is -2.14. The second-order valence-corrected chi connectivity index (χ2v) is 4.71. The zero-order valence-electron chi connectivity index (χ0n) is 10.8. The lowest BCUT2D eigenvalue weighted by Crippen LogP contribution is -2.43. The number of nitrogens with one attached hydrogen (secondary N) is 1. The van der Waals surface area contributed by atoms with Gasteiger partial charge in [0.05, 0.1) is 13.5 Å². The molecule has 5 heteroatoms. The van der Waals surface area contributed by atoms with Gasteiger partial charge in [0.25, 0.3) is 0 Å². The lowest BCUT2D eigenvalue weighted by molar-refractivity contribution is -0.142. The van der Waals surface area contributed by atoms with Gasteiger partial charge in [-0.25, -0.2) is 4.79 Å². The number of carbonyl (C=O) groups excluding carboxylic acids is 1. The van der Waals surface area contributed by atoms with Gasteiger partial charge in [-0.05, 0) is 24.8 Å². The quantitative estimate of drug-likeness (QED) is 0.809. The summed E-state index contributed by atoms with van der Waals surface area (Å²) in [5.74, 6) is -0.533. The molecule has 1 aliphatic rings. The van der Waals surface area contributed by atoms with Crippen LogP contribution in [0.4, 0.5) is 0 Å². The zero-order chi connectivity index (χ0) is 13.8. The van der Waals surface area contributed by atoms with Crippen molar-refractivity contribution in [2.24, 2.45) is 5.92 Å². The molecule has 0 radical (unpaired) electrons. The molecule has 19 heavy (non-hydrogen) atoms. The van der Waals surface area contributed by atoms with Crippen molar-refractivity contribution in [1.29, 1.82) is 0 Å². The highest BCUT2D eigenvalue weighted by Crippen LogP contribution is 2.32. The highest BCUT2D eigenvalue weighted by Gasteiger charge is 2.37. The Labute approximate surface area is 111 Å². The molecule has 0 aliphatic heterocycles. The Bertz CT molecular complexity index is 482. The third kappa shape index (κ3) is 3.47. The topological polar surface area (TPSA) is 75.6 Å². The smallest absolute Gasteiger partial charge is 0.326 e. The molecule has 1 aromatic carbocycles. The van der Waals surface area contributed by atoms with Crippen molar-refractivity contribution in [2.75, 3.05) is 7.11 Å². The summed E-state index contributed by atoms with van der Waals surface area (Å²) in [6.07, 6.45) is 1.86. The number of hydrogen-bond acceptors (Lipinski definition) is 3. The summed E-state index contributed by atoms with van der Waals surface area (Å²) in [4.78, 5) is 23.0. The molecule has 0 spiro atoms. The number of rotatable bonds is 6. The van der Waals surface area contributed by atoms with Gasteiger partial charge in [0.1, 0.15) is 11.8 Å². The lowest BCUT2D eigenvalue weighted by atomic mass is 10.1. The average molecular weight is 263 g/mol. The Hall–Kier alpha value is -2.04. The maximum atomic E-state index is 11.9. The predicted molar refractivity (Wildman–Crippen MR) is 69.0 cm³/mol. The van der Waals surface area contributed by atoms with Crippen LogP contribution in [0.1, 0.15) is 18.4 Å². The van der Waals surface area contributed by atoms with Gasteiger partial charge in [-0.3, -0.25) is 4.79 Å². The fourth-order valence-electron chi connectivity index (χ4n) is 2.06. The van der Waals surface area contributed by atoms with Crippen molar-refractivity contribution >= 4 is 11.9 Å². The molecule has 0 bridgehead atoms. The highest BCUT2D eigenvalue weighted by atomic mass is 16.5. The Balaban J connectivity index is 1.98. The van der Waals surface area contributed by atoms with Crippen molar-refractivity contribution in [2.45, 2.75) is 25.3 Å². The van der Waals surface area contributed by atoms with E-state index < -0.39 is 12.0 Å². The number of benzene rings is 1. The van der Waals surface area contributed by atoms with E-state index in [2.05, 4.69) is 5.32 Å². The van der Waals surface area contributed by atoms with Gasteiger partial charge < -0.3 is 15.2 Å². The van der Waals surface area contributed by atoms with Crippen LogP contribution in [-0.4, -0.2) is 30.1 Å². The second-order valence-electron chi connectivity index (χ2n) is 4.71. The van der Waals surface area contributed by atoms with Crippen LogP contribution in [0.25, 0.3) is 0 Å². The SMILES string of the molecule is COc1ccccc1CC(=O)NC(C(=O)O)C1CC1. The first-order valence-electron chi connectivity index (χ1n) is 6.26. The van der Waals surface area contributed by atoms with Crippen molar-refractivity contribution in [3.05, 3.63) is 29.8 Å². The van der Waals surface area contributed by atoms with Crippen LogP contribution in [0.3, 0.4) is 0 Å². The van der Waals surface area contributed by atoms with Crippen LogP contribution in [0.5, 0.6) is 5.75 Å². The first-order chi connectivity index (χ1) is 9.11. The van der Waals surface area contributed by atoms with E-state index in [1.807, 2.05) is 12.1 Å². The summed E-state index contributed by atoms with van der Waals surface area (Å²) < 4.78 is 5.16. The van der Waals surface area contributed by atoms with E-state index in [-0.39, 0.29) is 18.2 Å². The van der Waals surface area contributed by atoms with E-state index in [9.17, 15) is 9.59 Å². The monoisotopic (exact) mass is 263 g/mol. The molecule has 2 rings (SSSR count). The van der Waals surface area contributed by atoms with Crippen molar-refractivity contribution in [3.63, 3.8) is 0 Å². The van der Waals surface area contributed by atoms with Gasteiger partial charge >= 0.3 is 5.97 Å². The summed E-state index contributed by atoms with van der Waals surface area (Å²) >= 11 is 0. The summed E-state index contributed by atoms with van der Waals surface area (Å²) in [5, 5.41) is 11.6. The Kier molecular flexibility index (Phi) is 4.04. The molecule has 0 saturated heterocycles. The van der Waals surface area contributed by atoms with E-state index in [0.717, 1.165) is 18.4 Å². The fourth-order valence-corrected chi connectivity index (χ4v) is 2.06. The molecule has 1 saturated carbocycles. The molecule has 1 atom stereocenters. The highest BCUT2D eigenvalue weighted by molar-refractivity contribution is 5.85. The molecular weight excluding hydrogens is 246 g/mol. The van der Waals surface area contributed by atoms with Crippen molar-refractivity contribution < 1.29 is 19.4 Å². The number of carboxylic acids is 1. The standard InChI is InChI=1S/C14H17NO4/c1-19-11-5-3-2-4-10(11)8-12(16)15-13(14(17)18)9-6-7-9/h2-5,9,13H,6-8H2,1H3,(H,15,16)(H,17,18). The molecule has 1 aromatic rings. The molecule has 2 N–H and O–H groups in total. The minimum atomic E-state index is -0.962. The van der Waals surface area contributed by atoms with Crippen LogP contribution >= 0.6 is 0 Å². The number of methoxy groups -OCH3 is 1. The summed E-state index contributed by atoms with van der Waals surface area (Å²) in [6.45, 7) is 0. The number of aliphatic carboxylic acids is 1. The molecule has 1 aliphatic carbocycles. The van der Waals surface area contributed by atoms with E-state index in [4.69, 9.17) is 9.84 Å². The normalized spacial score (nSPS) is 15.6. The van der Waals surface area contributed by atoms with Gasteiger partial charge in [0.2, 0.25) is 5.91 Å². The number of amides is 1. The molecule has 1 fully saturated rings. The Morgan fingerprint density at radius 1 is 1.42 bits per heavy atom. The molecule has 1 unspecified atom stereocenters. The summed E-state index contributed by atoms with van der Waals surface area (Å²) in [5.41, 5.74) is 0.752. The summed E-state index contributed by atoms with van der Waals surface area (Å²) in [7, 11) is 1.54. The van der Waals surface area contributed by atoms with Gasteiger partial charge in [-0.1, -0.05) is 18.2 Å². The minimum Gasteiger partial charge on any atom is -0.496 e. The number of ether oxygens (including phenoxy) is 1. The fraction of sp³-hybridized carbons (Fsp3) is 0.429. The van der Waals surface area contributed by atoms with Gasteiger partial charge in [-0.2, -0.15) is 0 Å². The first-order valence-corrected chi connectivity index (χ1v) is 6.26. The van der Waals surface area contributed by atoms with Crippen LogP contribution in [-0.2, 0) is 16.0 Å². The first kappa shape index (κ1) is 13.4. The molecule has 5 nitrogen and oxygen atoms in total.